The molecule has 0 amide bonds. The Morgan fingerprint density at radius 1 is 1.46 bits per heavy atom. The lowest BCUT2D eigenvalue weighted by Crippen LogP contribution is -2.45. The van der Waals surface area contributed by atoms with Crippen LogP contribution in [-0.4, -0.2) is 55.8 Å². The fraction of sp³-hybridized carbons (Fsp3) is 0.667. The molecule has 1 aromatic rings. The van der Waals surface area contributed by atoms with Gasteiger partial charge in [-0.2, -0.15) is 13.2 Å². The third-order valence-corrected chi connectivity index (χ3v) is 4.50. The number of aliphatic imine (C=N–C) groups is 1. The maximum Gasteiger partial charge on any atom is 0.401 e. The minimum atomic E-state index is -4.13. The maximum atomic E-state index is 12.4. The van der Waals surface area contributed by atoms with Gasteiger partial charge in [0.2, 0.25) is 0 Å². The molecule has 0 aromatic carbocycles. The van der Waals surface area contributed by atoms with Gasteiger partial charge in [0.1, 0.15) is 0 Å². The summed E-state index contributed by atoms with van der Waals surface area (Å²) in [6, 6.07) is 4.10. The van der Waals surface area contributed by atoms with Gasteiger partial charge in [-0.05, 0) is 24.8 Å². The van der Waals surface area contributed by atoms with Crippen molar-refractivity contribution in [3.63, 3.8) is 0 Å². The van der Waals surface area contributed by atoms with Gasteiger partial charge < -0.3 is 10.6 Å². The molecule has 0 aliphatic carbocycles. The van der Waals surface area contributed by atoms with E-state index in [1.165, 1.54) is 9.78 Å². The van der Waals surface area contributed by atoms with Crippen LogP contribution >= 0.6 is 35.3 Å². The quantitative estimate of drug-likeness (QED) is 0.377. The molecule has 138 valence electrons. The average molecular weight is 476 g/mol. The van der Waals surface area contributed by atoms with Crippen molar-refractivity contribution in [3.8, 4) is 0 Å². The summed E-state index contributed by atoms with van der Waals surface area (Å²) in [6.45, 7) is 3.39. The van der Waals surface area contributed by atoms with Crippen molar-refractivity contribution in [2.45, 2.75) is 32.0 Å². The SMILES string of the molecule is CCNC(=NCCc1cccs1)NC1CCN(CC(F)(F)F)C1.I. The van der Waals surface area contributed by atoms with Gasteiger partial charge in [0, 0.05) is 43.5 Å². The summed E-state index contributed by atoms with van der Waals surface area (Å²) in [7, 11) is 0. The summed E-state index contributed by atoms with van der Waals surface area (Å²) in [6.07, 6.45) is -2.56. The molecule has 2 heterocycles. The molecular formula is C15H24F3IN4S. The van der Waals surface area contributed by atoms with E-state index < -0.39 is 12.7 Å². The molecule has 1 aliphatic rings. The van der Waals surface area contributed by atoms with Crippen molar-refractivity contribution in [2.24, 2.45) is 4.99 Å². The second-order valence-corrected chi connectivity index (χ2v) is 6.60. The molecule has 0 spiro atoms. The fourth-order valence-corrected chi connectivity index (χ4v) is 3.29. The molecule has 2 rings (SSSR count). The molecule has 1 fully saturated rings. The van der Waals surface area contributed by atoms with Crippen LogP contribution in [0.25, 0.3) is 0 Å². The van der Waals surface area contributed by atoms with E-state index in [2.05, 4.69) is 21.7 Å². The lowest BCUT2D eigenvalue weighted by molar-refractivity contribution is -0.143. The Morgan fingerprint density at radius 3 is 2.88 bits per heavy atom. The van der Waals surface area contributed by atoms with Crippen molar-refractivity contribution < 1.29 is 13.2 Å². The smallest absolute Gasteiger partial charge is 0.357 e. The number of guanidine groups is 1. The van der Waals surface area contributed by atoms with Gasteiger partial charge in [-0.25, -0.2) is 0 Å². The number of nitrogens with one attached hydrogen (secondary N) is 2. The molecule has 9 heteroatoms. The zero-order chi connectivity index (χ0) is 16.7. The van der Waals surface area contributed by atoms with E-state index in [4.69, 9.17) is 0 Å². The molecule has 1 atom stereocenters. The Labute approximate surface area is 161 Å². The van der Waals surface area contributed by atoms with Gasteiger partial charge >= 0.3 is 6.18 Å². The van der Waals surface area contributed by atoms with Crippen molar-refractivity contribution in [2.75, 3.05) is 32.7 Å². The Bertz CT molecular complexity index is 493. The summed E-state index contributed by atoms with van der Waals surface area (Å²) >= 11 is 1.70. The van der Waals surface area contributed by atoms with E-state index in [-0.39, 0.29) is 30.0 Å². The summed E-state index contributed by atoms with van der Waals surface area (Å²) in [5, 5.41) is 8.44. The van der Waals surface area contributed by atoms with Crippen molar-refractivity contribution >= 4 is 41.3 Å². The van der Waals surface area contributed by atoms with Gasteiger partial charge in [0.15, 0.2) is 5.96 Å². The van der Waals surface area contributed by atoms with Crippen LogP contribution in [0.3, 0.4) is 0 Å². The summed E-state index contributed by atoms with van der Waals surface area (Å²) in [4.78, 5) is 7.23. The number of likely N-dealkylation sites (tertiary alicyclic amines) is 1. The zero-order valence-electron chi connectivity index (χ0n) is 13.6. The van der Waals surface area contributed by atoms with Crippen LogP contribution in [0.15, 0.2) is 22.5 Å². The maximum absolute atomic E-state index is 12.4. The minimum absolute atomic E-state index is 0. The second kappa shape index (κ2) is 10.4. The first kappa shape index (κ1) is 21.5. The van der Waals surface area contributed by atoms with Crippen LogP contribution in [0.5, 0.6) is 0 Å². The first-order chi connectivity index (χ1) is 11.0. The van der Waals surface area contributed by atoms with Crippen LogP contribution in [0.1, 0.15) is 18.2 Å². The van der Waals surface area contributed by atoms with Crippen molar-refractivity contribution in [1.82, 2.24) is 15.5 Å². The molecule has 1 aliphatic heterocycles. The molecule has 0 radical (unpaired) electrons. The third-order valence-electron chi connectivity index (χ3n) is 3.57. The van der Waals surface area contributed by atoms with Gasteiger partial charge in [-0.15, -0.1) is 35.3 Å². The molecular weight excluding hydrogens is 452 g/mol. The number of thiophene rings is 1. The Morgan fingerprint density at radius 2 is 2.25 bits per heavy atom. The molecule has 1 aromatic heterocycles. The van der Waals surface area contributed by atoms with E-state index in [1.807, 2.05) is 18.4 Å². The Kier molecular flexibility index (Phi) is 9.35. The molecule has 0 bridgehead atoms. The summed E-state index contributed by atoms with van der Waals surface area (Å²) in [5.74, 6) is 0.683. The predicted molar refractivity (Wildman–Crippen MR) is 103 cm³/mol. The highest BCUT2D eigenvalue weighted by molar-refractivity contribution is 14.0. The van der Waals surface area contributed by atoms with Gasteiger partial charge in [0.25, 0.3) is 0 Å². The van der Waals surface area contributed by atoms with Crippen LogP contribution in [0.2, 0.25) is 0 Å². The number of alkyl halides is 3. The van der Waals surface area contributed by atoms with Gasteiger partial charge in [0.05, 0.1) is 6.54 Å². The first-order valence-electron chi connectivity index (χ1n) is 7.82. The molecule has 1 unspecified atom stereocenters. The number of halogens is 4. The highest BCUT2D eigenvalue weighted by atomic mass is 127. The standard InChI is InChI=1S/C15H23F3N4S.HI/c1-2-19-14(20-7-5-13-4-3-9-23-13)21-12-6-8-22(10-12)11-15(16,17)18;/h3-4,9,12H,2,5-8,10-11H2,1H3,(H2,19,20,21);1H. The number of nitrogens with zero attached hydrogens (tertiary/aromatic N) is 2. The Hall–Kier alpha value is -0.550. The van der Waals surface area contributed by atoms with Crippen molar-refractivity contribution in [1.29, 1.82) is 0 Å². The van der Waals surface area contributed by atoms with Crippen LogP contribution in [-0.2, 0) is 6.42 Å². The largest absolute Gasteiger partial charge is 0.401 e. The monoisotopic (exact) mass is 476 g/mol. The van der Waals surface area contributed by atoms with E-state index in [0.29, 0.717) is 32.0 Å². The second-order valence-electron chi connectivity index (χ2n) is 5.57. The third kappa shape index (κ3) is 8.02. The minimum Gasteiger partial charge on any atom is -0.357 e. The number of hydrogen-bond acceptors (Lipinski definition) is 3. The Balaban J connectivity index is 0.00000288. The van der Waals surface area contributed by atoms with E-state index in [1.54, 1.807) is 11.3 Å². The summed E-state index contributed by atoms with van der Waals surface area (Å²) in [5.41, 5.74) is 0. The van der Waals surface area contributed by atoms with Gasteiger partial charge in [-0.1, -0.05) is 6.07 Å². The number of hydrogen-bond donors (Lipinski definition) is 2. The van der Waals surface area contributed by atoms with Crippen molar-refractivity contribution in [3.05, 3.63) is 22.4 Å². The summed E-state index contributed by atoms with van der Waals surface area (Å²) < 4.78 is 37.3. The normalized spacial score (nSPS) is 19.2. The molecule has 0 saturated carbocycles. The van der Waals surface area contributed by atoms with Crippen LogP contribution in [0, 0.1) is 0 Å². The average Bonchev–Trinajstić information content (AvgIpc) is 3.09. The van der Waals surface area contributed by atoms with E-state index in [0.717, 1.165) is 13.0 Å². The van der Waals surface area contributed by atoms with E-state index in [9.17, 15) is 13.2 Å². The lowest BCUT2D eigenvalue weighted by Gasteiger charge is -2.19. The first-order valence-corrected chi connectivity index (χ1v) is 8.70. The molecule has 1 saturated heterocycles. The predicted octanol–water partition coefficient (Wildman–Crippen LogP) is 3.10. The molecule has 24 heavy (non-hydrogen) atoms. The van der Waals surface area contributed by atoms with Crippen LogP contribution < -0.4 is 10.6 Å². The highest BCUT2D eigenvalue weighted by Gasteiger charge is 2.34. The van der Waals surface area contributed by atoms with Crippen LogP contribution in [0.4, 0.5) is 13.2 Å². The highest BCUT2D eigenvalue weighted by Crippen LogP contribution is 2.19. The number of rotatable bonds is 6. The molecule has 4 nitrogen and oxygen atoms in total. The van der Waals surface area contributed by atoms with E-state index >= 15 is 0 Å². The fourth-order valence-electron chi connectivity index (χ4n) is 2.59. The lowest BCUT2D eigenvalue weighted by atomic mass is 10.3. The topological polar surface area (TPSA) is 39.7 Å². The molecule has 2 N–H and O–H groups in total. The van der Waals surface area contributed by atoms with Gasteiger partial charge in [-0.3, -0.25) is 9.89 Å². The zero-order valence-corrected chi connectivity index (χ0v) is 16.8.